The lowest BCUT2D eigenvalue weighted by molar-refractivity contribution is -0.124. The van der Waals surface area contributed by atoms with Gasteiger partial charge in [-0.3, -0.25) is 9.59 Å². The Labute approximate surface area is 152 Å². The van der Waals surface area contributed by atoms with Crippen LogP contribution < -0.4 is 0 Å². The van der Waals surface area contributed by atoms with Gasteiger partial charge < -0.3 is 0 Å². The van der Waals surface area contributed by atoms with Crippen molar-refractivity contribution in [2.45, 2.75) is 66.2 Å². The van der Waals surface area contributed by atoms with E-state index in [9.17, 15) is 9.59 Å². The summed E-state index contributed by atoms with van der Waals surface area (Å²) in [6, 6.07) is 0. The van der Waals surface area contributed by atoms with E-state index in [1.54, 1.807) is 13.0 Å². The standard InChI is InChI=1S/C23H32O2/c1-14(15(2)24)19-7-8-20-18-6-5-16-13-17(25)9-11-22(16,3)21(18)10-12-23(19,20)4/h9,11,13-14,18-21H,5-8,10,12H2,1-4H3/t14?,18-,19+,20-,21-,22+,23+/m0/s1. The molecular weight excluding hydrogens is 308 g/mol. The molecule has 25 heavy (non-hydrogen) atoms. The number of ketones is 2. The second-order valence-electron chi connectivity index (χ2n) is 9.73. The SMILES string of the molecule is CC(=O)C(C)[C@H]1CC[C@H]2[C@@H]3CCC4=CC(=O)C=C[C@@]4(C)[C@H]3CC[C@]12C. The third-order valence-corrected chi connectivity index (χ3v) is 8.87. The van der Waals surface area contributed by atoms with Crippen molar-refractivity contribution in [2.24, 2.45) is 40.4 Å². The van der Waals surface area contributed by atoms with Crippen LogP contribution in [0.2, 0.25) is 0 Å². The van der Waals surface area contributed by atoms with E-state index >= 15 is 0 Å². The predicted molar refractivity (Wildman–Crippen MR) is 100.0 cm³/mol. The number of rotatable bonds is 2. The molecule has 0 aromatic heterocycles. The first-order valence-corrected chi connectivity index (χ1v) is 10.2. The maximum absolute atomic E-state index is 12.1. The van der Waals surface area contributed by atoms with Crippen molar-refractivity contribution in [3.63, 3.8) is 0 Å². The number of allylic oxidation sites excluding steroid dienone is 4. The summed E-state index contributed by atoms with van der Waals surface area (Å²) in [6.07, 6.45) is 13.2. The first-order chi connectivity index (χ1) is 11.8. The Morgan fingerprint density at radius 1 is 1.16 bits per heavy atom. The Morgan fingerprint density at radius 2 is 1.92 bits per heavy atom. The lowest BCUT2D eigenvalue weighted by Crippen LogP contribution is -2.50. The van der Waals surface area contributed by atoms with Gasteiger partial charge in [0.25, 0.3) is 0 Å². The number of Topliss-reactive ketones (excluding diaryl/α,β-unsaturated/α-hetero) is 1. The third kappa shape index (κ3) is 2.35. The Morgan fingerprint density at radius 3 is 2.64 bits per heavy atom. The van der Waals surface area contributed by atoms with Crippen molar-refractivity contribution in [3.05, 3.63) is 23.8 Å². The molecule has 3 fully saturated rings. The number of carbonyl (C=O) groups excluding carboxylic acids is 2. The lowest BCUT2D eigenvalue weighted by atomic mass is 9.47. The Hall–Kier alpha value is -1.18. The fourth-order valence-corrected chi connectivity index (χ4v) is 7.34. The van der Waals surface area contributed by atoms with Crippen molar-refractivity contribution < 1.29 is 9.59 Å². The van der Waals surface area contributed by atoms with Crippen molar-refractivity contribution in [1.29, 1.82) is 0 Å². The molecule has 4 rings (SSSR count). The Balaban J connectivity index is 1.65. The Kier molecular flexibility index (Phi) is 3.90. The molecule has 0 amide bonds. The number of carbonyl (C=O) groups is 2. The van der Waals surface area contributed by atoms with Crippen LogP contribution in [-0.4, -0.2) is 11.6 Å². The number of hydrogen-bond acceptors (Lipinski definition) is 2. The smallest absolute Gasteiger partial charge is 0.178 e. The van der Waals surface area contributed by atoms with Crippen LogP contribution in [-0.2, 0) is 9.59 Å². The summed E-state index contributed by atoms with van der Waals surface area (Å²) in [4.78, 5) is 23.9. The molecule has 2 heteroatoms. The molecule has 136 valence electrons. The summed E-state index contributed by atoms with van der Waals surface area (Å²) in [6.45, 7) is 8.78. The van der Waals surface area contributed by atoms with Crippen LogP contribution in [0, 0.1) is 40.4 Å². The van der Waals surface area contributed by atoms with Crippen LogP contribution in [0.3, 0.4) is 0 Å². The van der Waals surface area contributed by atoms with Gasteiger partial charge in [0.15, 0.2) is 5.78 Å². The summed E-state index contributed by atoms with van der Waals surface area (Å²) in [5.74, 6) is 3.47. The van der Waals surface area contributed by atoms with Gasteiger partial charge in [0, 0.05) is 11.3 Å². The summed E-state index contributed by atoms with van der Waals surface area (Å²) >= 11 is 0. The van der Waals surface area contributed by atoms with Gasteiger partial charge in [-0.1, -0.05) is 32.4 Å². The van der Waals surface area contributed by atoms with Crippen LogP contribution in [0.5, 0.6) is 0 Å². The highest BCUT2D eigenvalue weighted by Crippen LogP contribution is 2.66. The quantitative estimate of drug-likeness (QED) is 0.698. The molecule has 4 aliphatic carbocycles. The van der Waals surface area contributed by atoms with Gasteiger partial charge in [0.05, 0.1) is 0 Å². The number of hydrogen-bond donors (Lipinski definition) is 0. The van der Waals surface area contributed by atoms with E-state index in [4.69, 9.17) is 0 Å². The molecule has 0 heterocycles. The van der Waals surface area contributed by atoms with Gasteiger partial charge in [0.1, 0.15) is 5.78 Å². The monoisotopic (exact) mass is 340 g/mol. The zero-order chi connectivity index (χ0) is 18.0. The van der Waals surface area contributed by atoms with Gasteiger partial charge in [-0.2, -0.15) is 0 Å². The first kappa shape index (κ1) is 17.2. The van der Waals surface area contributed by atoms with E-state index in [0.29, 0.717) is 23.0 Å². The third-order valence-electron chi connectivity index (χ3n) is 8.87. The van der Waals surface area contributed by atoms with Crippen LogP contribution in [0.15, 0.2) is 23.8 Å². The normalized spacial score (nSPS) is 46.7. The molecular formula is C23H32O2. The molecule has 0 radical (unpaired) electrons. The van der Waals surface area contributed by atoms with Crippen molar-refractivity contribution in [1.82, 2.24) is 0 Å². The largest absolute Gasteiger partial charge is 0.300 e. The fourth-order valence-electron chi connectivity index (χ4n) is 7.34. The van der Waals surface area contributed by atoms with E-state index in [2.05, 4.69) is 26.8 Å². The maximum Gasteiger partial charge on any atom is 0.178 e. The van der Waals surface area contributed by atoms with E-state index in [1.165, 1.54) is 37.7 Å². The summed E-state index contributed by atoms with van der Waals surface area (Å²) in [5.41, 5.74) is 1.79. The molecule has 2 nitrogen and oxygen atoms in total. The van der Waals surface area contributed by atoms with Crippen LogP contribution in [0.25, 0.3) is 0 Å². The first-order valence-electron chi connectivity index (χ1n) is 10.2. The van der Waals surface area contributed by atoms with E-state index < -0.39 is 0 Å². The maximum atomic E-state index is 12.1. The summed E-state index contributed by atoms with van der Waals surface area (Å²) in [5, 5.41) is 0. The molecule has 0 bridgehead atoms. The minimum absolute atomic E-state index is 0.0857. The molecule has 4 aliphatic rings. The van der Waals surface area contributed by atoms with Crippen LogP contribution >= 0.6 is 0 Å². The second kappa shape index (κ2) is 5.66. The van der Waals surface area contributed by atoms with E-state index in [1.807, 2.05) is 6.08 Å². The van der Waals surface area contributed by atoms with Crippen LogP contribution in [0.4, 0.5) is 0 Å². The highest BCUT2D eigenvalue weighted by Gasteiger charge is 2.59. The number of fused-ring (bicyclic) bond motifs is 5. The molecule has 3 saturated carbocycles. The van der Waals surface area contributed by atoms with Gasteiger partial charge in [-0.15, -0.1) is 0 Å². The average molecular weight is 341 g/mol. The minimum atomic E-state index is 0.0857. The lowest BCUT2D eigenvalue weighted by Gasteiger charge is -2.57. The van der Waals surface area contributed by atoms with Crippen molar-refractivity contribution >= 4 is 11.6 Å². The van der Waals surface area contributed by atoms with Crippen molar-refractivity contribution in [3.8, 4) is 0 Å². The molecule has 0 aliphatic heterocycles. The molecule has 7 atom stereocenters. The highest BCUT2D eigenvalue weighted by molar-refractivity contribution is 6.01. The van der Waals surface area contributed by atoms with Gasteiger partial charge in [-0.05, 0) is 86.7 Å². The van der Waals surface area contributed by atoms with Crippen molar-refractivity contribution in [2.75, 3.05) is 0 Å². The van der Waals surface area contributed by atoms with E-state index in [0.717, 1.165) is 18.3 Å². The molecule has 1 unspecified atom stereocenters. The zero-order valence-corrected chi connectivity index (χ0v) is 16.2. The average Bonchev–Trinajstić information content (AvgIpc) is 2.92. The van der Waals surface area contributed by atoms with Crippen LogP contribution in [0.1, 0.15) is 66.2 Å². The minimum Gasteiger partial charge on any atom is -0.300 e. The fraction of sp³-hybridized carbons (Fsp3) is 0.739. The molecule has 0 saturated heterocycles. The molecule has 0 aromatic rings. The van der Waals surface area contributed by atoms with E-state index in [-0.39, 0.29) is 17.1 Å². The van der Waals surface area contributed by atoms with Gasteiger partial charge >= 0.3 is 0 Å². The molecule has 0 aromatic carbocycles. The molecule has 0 N–H and O–H groups in total. The summed E-state index contributed by atoms with van der Waals surface area (Å²) in [7, 11) is 0. The Bertz CT molecular complexity index is 672. The predicted octanol–water partition coefficient (Wildman–Crippen LogP) is 5.14. The topological polar surface area (TPSA) is 34.1 Å². The second-order valence-corrected chi connectivity index (χ2v) is 9.73. The zero-order valence-electron chi connectivity index (χ0n) is 16.2. The van der Waals surface area contributed by atoms with Gasteiger partial charge in [0.2, 0.25) is 0 Å². The highest BCUT2D eigenvalue weighted by atomic mass is 16.1. The van der Waals surface area contributed by atoms with Gasteiger partial charge in [-0.25, -0.2) is 0 Å². The summed E-state index contributed by atoms with van der Waals surface area (Å²) < 4.78 is 0. The molecule has 0 spiro atoms.